The van der Waals surface area contributed by atoms with Gasteiger partial charge in [-0.25, -0.2) is 14.4 Å². The van der Waals surface area contributed by atoms with E-state index in [0.29, 0.717) is 0 Å². The van der Waals surface area contributed by atoms with E-state index in [-0.39, 0.29) is 17.3 Å². The summed E-state index contributed by atoms with van der Waals surface area (Å²) in [6, 6.07) is 8.51. The third kappa shape index (κ3) is 3.64. The van der Waals surface area contributed by atoms with Gasteiger partial charge in [-0.2, -0.15) is 0 Å². The van der Waals surface area contributed by atoms with Crippen molar-refractivity contribution in [1.29, 1.82) is 0 Å². The third-order valence-electron chi connectivity index (χ3n) is 3.83. The first-order valence-electron chi connectivity index (χ1n) is 7.27. The smallest absolute Gasteiger partial charge is 0.138 e. The van der Waals surface area contributed by atoms with E-state index in [1.807, 2.05) is 19.9 Å². The van der Waals surface area contributed by atoms with Gasteiger partial charge in [0.25, 0.3) is 0 Å². The maximum absolute atomic E-state index is 13.1. The second-order valence-electron chi connectivity index (χ2n) is 5.88. The van der Waals surface area contributed by atoms with Gasteiger partial charge in [0.1, 0.15) is 11.6 Å². The van der Waals surface area contributed by atoms with E-state index in [9.17, 15) is 4.39 Å². The SMILES string of the molecule is CCC(N)Cc1ccnc(C(C)(C)c2ccc(F)cc2)n1. The van der Waals surface area contributed by atoms with Gasteiger partial charge in [-0.15, -0.1) is 0 Å². The molecule has 1 heterocycles. The van der Waals surface area contributed by atoms with E-state index in [1.165, 1.54) is 12.1 Å². The van der Waals surface area contributed by atoms with Crippen LogP contribution in [0.3, 0.4) is 0 Å². The summed E-state index contributed by atoms with van der Waals surface area (Å²) >= 11 is 0. The summed E-state index contributed by atoms with van der Waals surface area (Å²) in [5.74, 6) is 0.494. The van der Waals surface area contributed by atoms with Gasteiger partial charge in [0, 0.05) is 29.8 Å². The second kappa shape index (κ2) is 6.31. The van der Waals surface area contributed by atoms with Crippen LogP contribution in [0.5, 0.6) is 0 Å². The quantitative estimate of drug-likeness (QED) is 0.918. The fraction of sp³-hybridized carbons (Fsp3) is 0.412. The van der Waals surface area contributed by atoms with E-state index in [2.05, 4.69) is 16.9 Å². The van der Waals surface area contributed by atoms with Crippen LogP contribution in [0.2, 0.25) is 0 Å². The van der Waals surface area contributed by atoms with Crippen LogP contribution in [0.1, 0.15) is 44.3 Å². The van der Waals surface area contributed by atoms with Gasteiger partial charge in [0.2, 0.25) is 0 Å². The zero-order valence-electron chi connectivity index (χ0n) is 12.8. The molecule has 2 rings (SSSR count). The van der Waals surface area contributed by atoms with Crippen molar-refractivity contribution in [3.63, 3.8) is 0 Å². The Kier molecular flexibility index (Phi) is 4.68. The van der Waals surface area contributed by atoms with E-state index in [0.717, 1.165) is 29.9 Å². The molecule has 112 valence electrons. The van der Waals surface area contributed by atoms with Crippen molar-refractivity contribution in [2.75, 3.05) is 0 Å². The number of hydrogen-bond acceptors (Lipinski definition) is 3. The Morgan fingerprint density at radius 1 is 1.19 bits per heavy atom. The Balaban J connectivity index is 2.31. The zero-order valence-corrected chi connectivity index (χ0v) is 12.8. The Labute approximate surface area is 125 Å². The monoisotopic (exact) mass is 287 g/mol. The molecule has 1 unspecified atom stereocenters. The number of halogens is 1. The molecule has 0 fully saturated rings. The van der Waals surface area contributed by atoms with Crippen molar-refractivity contribution in [3.8, 4) is 0 Å². The molecule has 21 heavy (non-hydrogen) atoms. The number of aromatic nitrogens is 2. The summed E-state index contributed by atoms with van der Waals surface area (Å²) in [4.78, 5) is 9.04. The number of rotatable bonds is 5. The highest BCUT2D eigenvalue weighted by Crippen LogP contribution is 2.29. The standard InChI is InChI=1S/C17H22FN3/c1-4-14(19)11-15-9-10-20-16(21-15)17(2,3)12-5-7-13(18)8-6-12/h5-10,14H,4,11,19H2,1-3H3. The van der Waals surface area contributed by atoms with Crippen molar-refractivity contribution in [2.24, 2.45) is 5.73 Å². The number of nitrogens with two attached hydrogens (primary N) is 1. The first-order valence-corrected chi connectivity index (χ1v) is 7.27. The lowest BCUT2D eigenvalue weighted by molar-refractivity contribution is 0.570. The van der Waals surface area contributed by atoms with Gasteiger partial charge in [0.15, 0.2) is 0 Å². The minimum absolute atomic E-state index is 0.113. The first-order chi connectivity index (χ1) is 9.93. The first kappa shape index (κ1) is 15.6. The largest absolute Gasteiger partial charge is 0.327 e. The van der Waals surface area contributed by atoms with Gasteiger partial charge in [-0.3, -0.25) is 0 Å². The van der Waals surface area contributed by atoms with Crippen LogP contribution in [0.15, 0.2) is 36.5 Å². The summed E-state index contributed by atoms with van der Waals surface area (Å²) in [6.45, 7) is 6.15. The fourth-order valence-electron chi connectivity index (χ4n) is 2.22. The van der Waals surface area contributed by atoms with Crippen molar-refractivity contribution in [3.05, 3.63) is 59.4 Å². The van der Waals surface area contributed by atoms with Crippen LogP contribution in [0, 0.1) is 5.82 Å². The van der Waals surface area contributed by atoms with E-state index in [4.69, 9.17) is 5.73 Å². The summed E-state index contributed by atoms with van der Waals surface area (Å²) in [7, 11) is 0. The van der Waals surface area contributed by atoms with Gasteiger partial charge in [0.05, 0.1) is 0 Å². The minimum atomic E-state index is -0.375. The van der Waals surface area contributed by atoms with E-state index in [1.54, 1.807) is 18.3 Å². The lowest BCUT2D eigenvalue weighted by Crippen LogP contribution is -2.25. The number of benzene rings is 1. The molecule has 0 saturated heterocycles. The molecule has 1 aromatic carbocycles. The maximum Gasteiger partial charge on any atom is 0.138 e. The van der Waals surface area contributed by atoms with Crippen molar-refractivity contribution in [1.82, 2.24) is 9.97 Å². The average molecular weight is 287 g/mol. The van der Waals surface area contributed by atoms with E-state index >= 15 is 0 Å². The maximum atomic E-state index is 13.1. The van der Waals surface area contributed by atoms with Crippen LogP contribution in [-0.4, -0.2) is 16.0 Å². The molecule has 0 saturated carbocycles. The lowest BCUT2D eigenvalue weighted by atomic mass is 9.83. The molecular weight excluding hydrogens is 265 g/mol. The van der Waals surface area contributed by atoms with E-state index < -0.39 is 0 Å². The molecule has 0 spiro atoms. The average Bonchev–Trinajstić information content (AvgIpc) is 2.48. The highest BCUT2D eigenvalue weighted by molar-refractivity contribution is 5.31. The van der Waals surface area contributed by atoms with Gasteiger partial charge in [-0.05, 0) is 44.0 Å². The Morgan fingerprint density at radius 3 is 2.48 bits per heavy atom. The fourth-order valence-corrected chi connectivity index (χ4v) is 2.22. The molecule has 0 radical (unpaired) electrons. The van der Waals surface area contributed by atoms with Crippen molar-refractivity contribution >= 4 is 0 Å². The summed E-state index contributed by atoms with van der Waals surface area (Å²) < 4.78 is 13.1. The summed E-state index contributed by atoms with van der Waals surface area (Å²) in [5.41, 5.74) is 7.55. The van der Waals surface area contributed by atoms with Crippen molar-refractivity contribution in [2.45, 2.75) is 45.1 Å². The summed E-state index contributed by atoms with van der Waals surface area (Å²) in [6.07, 6.45) is 3.43. The normalized spacial score (nSPS) is 13.2. The topological polar surface area (TPSA) is 51.8 Å². The molecule has 1 atom stereocenters. The molecule has 2 N–H and O–H groups in total. The summed E-state index contributed by atoms with van der Waals surface area (Å²) in [5, 5.41) is 0. The molecule has 0 aliphatic carbocycles. The van der Waals surface area contributed by atoms with Gasteiger partial charge >= 0.3 is 0 Å². The molecule has 3 nitrogen and oxygen atoms in total. The van der Waals surface area contributed by atoms with Crippen LogP contribution in [0.4, 0.5) is 4.39 Å². The number of hydrogen-bond donors (Lipinski definition) is 1. The minimum Gasteiger partial charge on any atom is -0.327 e. The number of nitrogens with zero attached hydrogens (tertiary/aromatic N) is 2. The third-order valence-corrected chi connectivity index (χ3v) is 3.83. The van der Waals surface area contributed by atoms with Crippen LogP contribution in [0.25, 0.3) is 0 Å². The molecule has 0 aliphatic rings. The molecule has 2 aromatic rings. The lowest BCUT2D eigenvalue weighted by Gasteiger charge is -2.24. The van der Waals surface area contributed by atoms with Crippen molar-refractivity contribution < 1.29 is 4.39 Å². The predicted molar refractivity (Wildman–Crippen MR) is 82.5 cm³/mol. The zero-order chi connectivity index (χ0) is 15.5. The molecule has 0 amide bonds. The van der Waals surface area contributed by atoms with Gasteiger partial charge in [-0.1, -0.05) is 19.1 Å². The molecule has 1 aromatic heterocycles. The highest BCUT2D eigenvalue weighted by atomic mass is 19.1. The Hall–Kier alpha value is -1.81. The van der Waals surface area contributed by atoms with Gasteiger partial charge < -0.3 is 5.73 Å². The van der Waals surface area contributed by atoms with Crippen LogP contribution < -0.4 is 5.73 Å². The Morgan fingerprint density at radius 2 is 1.86 bits per heavy atom. The second-order valence-corrected chi connectivity index (χ2v) is 5.88. The predicted octanol–water partition coefficient (Wildman–Crippen LogP) is 3.22. The molecule has 0 aliphatic heterocycles. The van der Waals surface area contributed by atoms with Crippen LogP contribution >= 0.6 is 0 Å². The van der Waals surface area contributed by atoms with Crippen LogP contribution in [-0.2, 0) is 11.8 Å². The highest BCUT2D eigenvalue weighted by Gasteiger charge is 2.26. The molecular formula is C17H22FN3. The molecule has 0 bridgehead atoms. The molecule has 4 heteroatoms. The Bertz CT molecular complexity index is 593.